The number of rotatable bonds is 5. The van der Waals surface area contributed by atoms with Crippen LogP contribution in [0.25, 0.3) is 0 Å². The number of nitriles is 1. The molecule has 114 valence electrons. The average Bonchev–Trinajstić information content (AvgIpc) is 2.49. The Kier molecular flexibility index (Phi) is 5.75. The van der Waals surface area contributed by atoms with Crippen molar-refractivity contribution in [1.82, 2.24) is 4.90 Å². The second-order valence-corrected chi connectivity index (χ2v) is 6.10. The molecule has 1 aromatic rings. The average molecular weight is 288 g/mol. The van der Waals surface area contributed by atoms with Crippen LogP contribution in [0.15, 0.2) is 24.3 Å². The Morgan fingerprint density at radius 2 is 2.10 bits per heavy atom. The van der Waals surface area contributed by atoms with Gasteiger partial charge in [0.05, 0.1) is 31.0 Å². The number of aliphatic hydroxyl groups excluding tert-OH is 1. The zero-order valence-electron chi connectivity index (χ0n) is 12.8. The first kappa shape index (κ1) is 16.0. The quantitative estimate of drug-likeness (QED) is 0.903. The molecule has 2 atom stereocenters. The molecule has 1 fully saturated rings. The van der Waals surface area contributed by atoms with Crippen molar-refractivity contribution in [1.29, 1.82) is 5.26 Å². The Morgan fingerprint density at radius 1 is 1.38 bits per heavy atom. The molecule has 0 radical (unpaired) electrons. The lowest BCUT2D eigenvalue weighted by Gasteiger charge is -2.37. The Labute approximate surface area is 127 Å². The van der Waals surface area contributed by atoms with Gasteiger partial charge in [0.25, 0.3) is 0 Å². The summed E-state index contributed by atoms with van der Waals surface area (Å²) in [4.78, 5) is 2.33. The monoisotopic (exact) mass is 288 g/mol. The molecule has 21 heavy (non-hydrogen) atoms. The fourth-order valence-electron chi connectivity index (χ4n) is 2.80. The van der Waals surface area contributed by atoms with E-state index in [0.29, 0.717) is 24.1 Å². The summed E-state index contributed by atoms with van der Waals surface area (Å²) in [5.74, 6) is 0.617. The highest BCUT2D eigenvalue weighted by molar-refractivity contribution is 5.32. The van der Waals surface area contributed by atoms with Crippen LogP contribution in [0.5, 0.6) is 0 Å². The molecule has 1 saturated heterocycles. The van der Waals surface area contributed by atoms with E-state index in [1.165, 1.54) is 0 Å². The van der Waals surface area contributed by atoms with Crippen molar-refractivity contribution in [3.05, 3.63) is 35.4 Å². The van der Waals surface area contributed by atoms with Crippen molar-refractivity contribution < 1.29 is 9.84 Å². The molecule has 1 aliphatic heterocycles. The second kappa shape index (κ2) is 7.56. The van der Waals surface area contributed by atoms with Crippen LogP contribution in [-0.2, 0) is 4.74 Å². The molecule has 0 aliphatic carbocycles. The minimum absolute atomic E-state index is 0.381. The number of β-amino-alcohol motifs (C(OH)–C–C–N with tert-alkyl or cyclic N) is 1. The maximum atomic E-state index is 10.4. The van der Waals surface area contributed by atoms with Crippen LogP contribution in [0.3, 0.4) is 0 Å². The third-order valence-corrected chi connectivity index (χ3v) is 3.92. The van der Waals surface area contributed by atoms with Crippen LogP contribution in [0.4, 0.5) is 0 Å². The molecular formula is C17H24N2O2. The van der Waals surface area contributed by atoms with Gasteiger partial charge < -0.3 is 9.84 Å². The van der Waals surface area contributed by atoms with Gasteiger partial charge in [-0.05, 0) is 30.0 Å². The standard InChI is InChI=1S/C17H24N2O2/c1-13(2)9-16-12-21-8-7-19(16)11-17(20)15-5-3-14(10-18)4-6-15/h3-6,13,16-17,20H,7-9,11-12H2,1-2H3. The van der Waals surface area contributed by atoms with Gasteiger partial charge in [0.1, 0.15) is 0 Å². The molecule has 1 heterocycles. The minimum atomic E-state index is -0.523. The summed E-state index contributed by atoms with van der Waals surface area (Å²) < 4.78 is 5.57. The van der Waals surface area contributed by atoms with E-state index in [1.54, 1.807) is 12.1 Å². The summed E-state index contributed by atoms with van der Waals surface area (Å²) in [6.45, 7) is 7.39. The molecular weight excluding hydrogens is 264 g/mol. The van der Waals surface area contributed by atoms with Gasteiger partial charge >= 0.3 is 0 Å². The predicted octanol–water partition coefficient (Wildman–Crippen LogP) is 2.34. The summed E-state index contributed by atoms with van der Waals surface area (Å²) in [6, 6.07) is 9.65. The smallest absolute Gasteiger partial charge is 0.0991 e. The minimum Gasteiger partial charge on any atom is -0.387 e. The number of ether oxygens (including phenoxy) is 1. The van der Waals surface area contributed by atoms with Crippen molar-refractivity contribution in [3.8, 4) is 6.07 Å². The van der Waals surface area contributed by atoms with Crippen LogP contribution < -0.4 is 0 Å². The Balaban J connectivity index is 1.98. The van der Waals surface area contributed by atoms with Crippen molar-refractivity contribution in [2.45, 2.75) is 32.4 Å². The van der Waals surface area contributed by atoms with Crippen molar-refractivity contribution in [3.63, 3.8) is 0 Å². The molecule has 1 aliphatic rings. The van der Waals surface area contributed by atoms with E-state index >= 15 is 0 Å². The van der Waals surface area contributed by atoms with Gasteiger partial charge in [-0.15, -0.1) is 0 Å². The highest BCUT2D eigenvalue weighted by atomic mass is 16.5. The fourth-order valence-corrected chi connectivity index (χ4v) is 2.80. The molecule has 4 heteroatoms. The Morgan fingerprint density at radius 3 is 2.71 bits per heavy atom. The molecule has 2 unspecified atom stereocenters. The zero-order chi connectivity index (χ0) is 15.2. The van der Waals surface area contributed by atoms with E-state index < -0.39 is 6.10 Å². The molecule has 0 aromatic heterocycles. The van der Waals surface area contributed by atoms with E-state index in [4.69, 9.17) is 10.00 Å². The van der Waals surface area contributed by atoms with Gasteiger partial charge in [0.2, 0.25) is 0 Å². The number of benzene rings is 1. The summed E-state index contributed by atoms with van der Waals surface area (Å²) in [5.41, 5.74) is 1.48. The zero-order valence-corrected chi connectivity index (χ0v) is 12.8. The first-order valence-corrected chi connectivity index (χ1v) is 7.60. The number of nitrogens with zero attached hydrogens (tertiary/aromatic N) is 2. The summed E-state index contributed by atoms with van der Waals surface area (Å²) in [6.07, 6.45) is 0.561. The van der Waals surface area contributed by atoms with Crippen molar-refractivity contribution in [2.24, 2.45) is 5.92 Å². The van der Waals surface area contributed by atoms with E-state index in [-0.39, 0.29) is 0 Å². The van der Waals surface area contributed by atoms with E-state index in [2.05, 4.69) is 24.8 Å². The summed E-state index contributed by atoms with van der Waals surface area (Å²) >= 11 is 0. The first-order valence-electron chi connectivity index (χ1n) is 7.60. The number of hydrogen-bond acceptors (Lipinski definition) is 4. The summed E-state index contributed by atoms with van der Waals surface area (Å²) in [7, 11) is 0. The lowest BCUT2D eigenvalue weighted by atomic mass is 10.0. The number of hydrogen-bond donors (Lipinski definition) is 1. The second-order valence-electron chi connectivity index (χ2n) is 6.10. The van der Waals surface area contributed by atoms with E-state index in [9.17, 15) is 5.11 Å². The Hall–Kier alpha value is -1.41. The fraction of sp³-hybridized carbons (Fsp3) is 0.588. The normalized spacial score (nSPS) is 21.2. The lowest BCUT2D eigenvalue weighted by Crippen LogP contribution is -2.47. The predicted molar refractivity (Wildman–Crippen MR) is 81.8 cm³/mol. The largest absolute Gasteiger partial charge is 0.387 e. The summed E-state index contributed by atoms with van der Waals surface area (Å²) in [5, 5.41) is 19.2. The van der Waals surface area contributed by atoms with Crippen molar-refractivity contribution >= 4 is 0 Å². The van der Waals surface area contributed by atoms with Gasteiger partial charge in [-0.1, -0.05) is 26.0 Å². The molecule has 1 N–H and O–H groups in total. The Bertz CT molecular complexity index is 479. The van der Waals surface area contributed by atoms with Gasteiger partial charge in [0.15, 0.2) is 0 Å². The van der Waals surface area contributed by atoms with Crippen LogP contribution in [0, 0.1) is 17.2 Å². The topological polar surface area (TPSA) is 56.5 Å². The van der Waals surface area contributed by atoms with Crippen LogP contribution in [-0.4, -0.2) is 42.4 Å². The van der Waals surface area contributed by atoms with E-state index in [0.717, 1.165) is 31.7 Å². The highest BCUT2D eigenvalue weighted by Crippen LogP contribution is 2.21. The van der Waals surface area contributed by atoms with E-state index in [1.807, 2.05) is 12.1 Å². The lowest BCUT2D eigenvalue weighted by molar-refractivity contribution is -0.0329. The molecule has 0 amide bonds. The van der Waals surface area contributed by atoms with Crippen LogP contribution in [0.1, 0.15) is 37.5 Å². The van der Waals surface area contributed by atoms with Gasteiger partial charge in [-0.2, -0.15) is 5.26 Å². The third-order valence-electron chi connectivity index (χ3n) is 3.92. The van der Waals surface area contributed by atoms with Gasteiger partial charge in [-0.3, -0.25) is 4.90 Å². The molecule has 2 rings (SSSR count). The third kappa shape index (κ3) is 4.53. The molecule has 1 aromatic carbocycles. The SMILES string of the molecule is CC(C)CC1COCCN1CC(O)c1ccc(C#N)cc1. The highest BCUT2D eigenvalue weighted by Gasteiger charge is 2.25. The number of aliphatic hydroxyl groups is 1. The molecule has 4 nitrogen and oxygen atoms in total. The van der Waals surface area contributed by atoms with Crippen LogP contribution in [0.2, 0.25) is 0 Å². The van der Waals surface area contributed by atoms with Gasteiger partial charge in [-0.25, -0.2) is 0 Å². The maximum Gasteiger partial charge on any atom is 0.0991 e. The van der Waals surface area contributed by atoms with Gasteiger partial charge in [0, 0.05) is 19.1 Å². The maximum absolute atomic E-state index is 10.4. The van der Waals surface area contributed by atoms with Crippen LogP contribution >= 0.6 is 0 Å². The molecule has 0 spiro atoms. The number of morpholine rings is 1. The molecule has 0 saturated carbocycles. The first-order chi connectivity index (χ1) is 10.1. The van der Waals surface area contributed by atoms with Crippen molar-refractivity contribution in [2.75, 3.05) is 26.3 Å². The molecule has 0 bridgehead atoms.